The number of likely N-dealkylation sites (tertiary alicyclic amines) is 1. The molecule has 2 rings (SSSR count). The fraction of sp³-hybridized carbons (Fsp3) is 0.533. The molecule has 1 amide bonds. The average Bonchev–Trinajstić information content (AvgIpc) is 2.83. The number of aryl methyl sites for hydroxylation is 2. The monoisotopic (exact) mass is 263 g/mol. The van der Waals surface area contributed by atoms with Crippen LogP contribution < -0.4 is 4.74 Å². The van der Waals surface area contributed by atoms with Crippen molar-refractivity contribution in [1.82, 2.24) is 4.90 Å². The molecule has 0 radical (unpaired) electrons. The predicted octanol–water partition coefficient (Wildman–Crippen LogP) is 1.52. The third-order valence-corrected chi connectivity index (χ3v) is 3.45. The SMILES string of the molecule is Cc1cc(C)cc(OCC(=O)N2CCC(CO)C2)c1. The number of amides is 1. The molecule has 0 saturated carbocycles. The maximum Gasteiger partial charge on any atom is 0.260 e. The molecule has 0 aromatic heterocycles. The summed E-state index contributed by atoms with van der Waals surface area (Å²) in [6.45, 7) is 5.61. The average molecular weight is 263 g/mol. The van der Waals surface area contributed by atoms with Crippen molar-refractivity contribution in [1.29, 1.82) is 0 Å². The van der Waals surface area contributed by atoms with E-state index in [0.717, 1.165) is 29.8 Å². The second kappa shape index (κ2) is 6.06. The number of hydrogen-bond acceptors (Lipinski definition) is 3. The van der Waals surface area contributed by atoms with Crippen molar-refractivity contribution < 1.29 is 14.6 Å². The summed E-state index contributed by atoms with van der Waals surface area (Å²) < 4.78 is 5.56. The molecule has 1 heterocycles. The minimum atomic E-state index is -0.00453. The Hall–Kier alpha value is -1.55. The summed E-state index contributed by atoms with van der Waals surface area (Å²) in [5.74, 6) is 0.962. The molecule has 0 aliphatic carbocycles. The van der Waals surface area contributed by atoms with Gasteiger partial charge in [-0.05, 0) is 43.5 Å². The van der Waals surface area contributed by atoms with Crippen molar-refractivity contribution in [3.05, 3.63) is 29.3 Å². The molecule has 1 aromatic rings. The van der Waals surface area contributed by atoms with Crippen LogP contribution in [-0.2, 0) is 4.79 Å². The van der Waals surface area contributed by atoms with Crippen LogP contribution >= 0.6 is 0 Å². The Morgan fingerprint density at radius 2 is 2.05 bits per heavy atom. The van der Waals surface area contributed by atoms with Gasteiger partial charge in [0.25, 0.3) is 5.91 Å². The number of aliphatic hydroxyl groups excluding tert-OH is 1. The number of carbonyl (C=O) groups is 1. The number of hydrogen-bond donors (Lipinski definition) is 1. The van der Waals surface area contributed by atoms with Crippen molar-refractivity contribution >= 4 is 5.91 Å². The van der Waals surface area contributed by atoms with Gasteiger partial charge in [0.2, 0.25) is 0 Å². The molecular weight excluding hydrogens is 242 g/mol. The number of rotatable bonds is 4. The molecule has 4 nitrogen and oxygen atoms in total. The van der Waals surface area contributed by atoms with Gasteiger partial charge in [-0.2, -0.15) is 0 Å². The highest BCUT2D eigenvalue weighted by Crippen LogP contribution is 2.18. The zero-order valence-corrected chi connectivity index (χ0v) is 11.6. The Kier molecular flexibility index (Phi) is 4.43. The number of ether oxygens (including phenoxy) is 1. The van der Waals surface area contributed by atoms with Gasteiger partial charge in [-0.15, -0.1) is 0 Å². The number of nitrogens with zero attached hydrogens (tertiary/aromatic N) is 1. The quantitative estimate of drug-likeness (QED) is 0.896. The molecule has 1 aliphatic rings. The summed E-state index contributed by atoms with van der Waals surface area (Å²) in [5.41, 5.74) is 2.26. The van der Waals surface area contributed by atoms with E-state index in [1.807, 2.05) is 26.0 Å². The fourth-order valence-electron chi connectivity index (χ4n) is 2.46. The maximum atomic E-state index is 12.0. The predicted molar refractivity (Wildman–Crippen MR) is 73.2 cm³/mol. The maximum absolute atomic E-state index is 12.0. The minimum Gasteiger partial charge on any atom is -0.484 e. The van der Waals surface area contributed by atoms with Crippen LogP contribution in [0.25, 0.3) is 0 Å². The van der Waals surface area contributed by atoms with Crippen LogP contribution in [0, 0.1) is 19.8 Å². The lowest BCUT2D eigenvalue weighted by Gasteiger charge is -2.16. The van der Waals surface area contributed by atoms with Gasteiger partial charge < -0.3 is 14.7 Å². The highest BCUT2D eigenvalue weighted by molar-refractivity contribution is 5.78. The highest BCUT2D eigenvalue weighted by atomic mass is 16.5. The first-order valence-electron chi connectivity index (χ1n) is 6.68. The highest BCUT2D eigenvalue weighted by Gasteiger charge is 2.25. The zero-order valence-electron chi connectivity index (χ0n) is 11.6. The van der Waals surface area contributed by atoms with E-state index in [2.05, 4.69) is 6.07 Å². The normalized spacial score (nSPS) is 18.7. The van der Waals surface area contributed by atoms with Crippen molar-refractivity contribution in [3.63, 3.8) is 0 Å². The fourth-order valence-corrected chi connectivity index (χ4v) is 2.46. The molecule has 1 aliphatic heterocycles. The first-order valence-corrected chi connectivity index (χ1v) is 6.68. The van der Waals surface area contributed by atoms with E-state index in [0.29, 0.717) is 6.54 Å². The summed E-state index contributed by atoms with van der Waals surface area (Å²) >= 11 is 0. The molecule has 104 valence electrons. The van der Waals surface area contributed by atoms with Crippen LogP contribution in [0.4, 0.5) is 0 Å². The first kappa shape index (κ1) is 13.9. The van der Waals surface area contributed by atoms with Gasteiger partial charge in [-0.25, -0.2) is 0 Å². The van der Waals surface area contributed by atoms with Crippen LogP contribution in [0.15, 0.2) is 18.2 Å². The molecule has 0 bridgehead atoms. The lowest BCUT2D eigenvalue weighted by molar-refractivity contribution is -0.132. The third kappa shape index (κ3) is 3.70. The molecule has 1 aromatic carbocycles. The minimum absolute atomic E-state index is 0.00453. The van der Waals surface area contributed by atoms with E-state index >= 15 is 0 Å². The third-order valence-electron chi connectivity index (χ3n) is 3.45. The summed E-state index contributed by atoms with van der Waals surface area (Å²) in [4.78, 5) is 13.7. The molecule has 0 spiro atoms. The van der Waals surface area contributed by atoms with Crippen LogP contribution in [0.2, 0.25) is 0 Å². The molecule has 1 N–H and O–H groups in total. The Labute approximate surface area is 114 Å². The summed E-state index contributed by atoms with van der Waals surface area (Å²) in [6, 6.07) is 5.93. The Balaban J connectivity index is 1.86. The molecule has 1 fully saturated rings. The van der Waals surface area contributed by atoms with Gasteiger partial charge in [-0.3, -0.25) is 4.79 Å². The van der Waals surface area contributed by atoms with Gasteiger partial charge in [0.15, 0.2) is 6.61 Å². The second-order valence-electron chi connectivity index (χ2n) is 5.29. The summed E-state index contributed by atoms with van der Waals surface area (Å²) in [5, 5.41) is 9.07. The van der Waals surface area contributed by atoms with Crippen molar-refractivity contribution in [2.45, 2.75) is 20.3 Å². The van der Waals surface area contributed by atoms with Crippen LogP contribution in [0.3, 0.4) is 0 Å². The number of benzene rings is 1. The Morgan fingerprint density at radius 1 is 1.37 bits per heavy atom. The smallest absolute Gasteiger partial charge is 0.260 e. The van der Waals surface area contributed by atoms with E-state index in [1.165, 1.54) is 0 Å². The van der Waals surface area contributed by atoms with Crippen LogP contribution in [-0.4, -0.2) is 42.2 Å². The van der Waals surface area contributed by atoms with E-state index in [1.54, 1.807) is 4.90 Å². The standard InChI is InChI=1S/C15H21NO3/c1-11-5-12(2)7-14(6-11)19-10-15(18)16-4-3-13(8-16)9-17/h5-7,13,17H,3-4,8-10H2,1-2H3. The van der Waals surface area contributed by atoms with Gasteiger partial charge in [0.05, 0.1) is 0 Å². The molecule has 1 atom stereocenters. The van der Waals surface area contributed by atoms with E-state index in [9.17, 15) is 4.79 Å². The van der Waals surface area contributed by atoms with E-state index in [-0.39, 0.29) is 25.0 Å². The van der Waals surface area contributed by atoms with E-state index < -0.39 is 0 Å². The number of carbonyl (C=O) groups excluding carboxylic acids is 1. The summed E-state index contributed by atoms with van der Waals surface area (Å²) in [6.07, 6.45) is 0.881. The van der Waals surface area contributed by atoms with Gasteiger partial charge in [0, 0.05) is 25.6 Å². The largest absolute Gasteiger partial charge is 0.484 e. The van der Waals surface area contributed by atoms with Crippen LogP contribution in [0.5, 0.6) is 5.75 Å². The molecule has 4 heteroatoms. The van der Waals surface area contributed by atoms with Crippen molar-refractivity contribution in [2.75, 3.05) is 26.3 Å². The van der Waals surface area contributed by atoms with E-state index in [4.69, 9.17) is 9.84 Å². The van der Waals surface area contributed by atoms with Gasteiger partial charge in [-0.1, -0.05) is 6.07 Å². The number of aliphatic hydroxyl groups is 1. The lowest BCUT2D eigenvalue weighted by Crippen LogP contribution is -2.33. The first-order chi connectivity index (χ1) is 9.08. The second-order valence-corrected chi connectivity index (χ2v) is 5.29. The summed E-state index contributed by atoms with van der Waals surface area (Å²) in [7, 11) is 0. The molecule has 1 unspecified atom stereocenters. The van der Waals surface area contributed by atoms with Gasteiger partial charge >= 0.3 is 0 Å². The Bertz CT molecular complexity index is 438. The topological polar surface area (TPSA) is 49.8 Å². The van der Waals surface area contributed by atoms with Crippen LogP contribution in [0.1, 0.15) is 17.5 Å². The van der Waals surface area contributed by atoms with Crippen molar-refractivity contribution in [3.8, 4) is 5.75 Å². The molecular formula is C15H21NO3. The lowest BCUT2D eigenvalue weighted by atomic mass is 10.1. The molecule has 19 heavy (non-hydrogen) atoms. The Morgan fingerprint density at radius 3 is 2.63 bits per heavy atom. The zero-order chi connectivity index (χ0) is 13.8. The molecule has 1 saturated heterocycles. The van der Waals surface area contributed by atoms with Gasteiger partial charge in [0.1, 0.15) is 5.75 Å². The van der Waals surface area contributed by atoms with Crippen molar-refractivity contribution in [2.24, 2.45) is 5.92 Å².